The Morgan fingerprint density at radius 2 is 2.07 bits per heavy atom. The van der Waals surface area contributed by atoms with Crippen LogP contribution >= 0.6 is 0 Å². The summed E-state index contributed by atoms with van der Waals surface area (Å²) in [5, 5.41) is 17.5. The lowest BCUT2D eigenvalue weighted by Gasteiger charge is -2.06. The minimum absolute atomic E-state index is 0.117. The van der Waals surface area contributed by atoms with Gasteiger partial charge in [-0.05, 0) is 25.5 Å². The van der Waals surface area contributed by atoms with Crippen LogP contribution in [0, 0.1) is 29.6 Å². The summed E-state index contributed by atoms with van der Waals surface area (Å²) >= 11 is 0. The fraction of sp³-hybridized carbons (Fsp3) is 0.300. The molecule has 0 aromatic carbocycles. The maximum atomic E-state index is 11.6. The molecule has 0 bridgehead atoms. The van der Waals surface area contributed by atoms with E-state index in [1.165, 1.54) is 4.57 Å². The number of nitrogens with zero attached hydrogens (tertiary/aromatic N) is 3. The molecule has 0 saturated carbocycles. The fourth-order valence-corrected chi connectivity index (χ4v) is 1.31. The maximum Gasteiger partial charge on any atom is 0.269 e. The zero-order valence-corrected chi connectivity index (χ0v) is 8.03. The van der Waals surface area contributed by atoms with E-state index in [2.05, 4.69) is 0 Å². The topological polar surface area (TPSA) is 69.6 Å². The molecule has 1 aromatic heterocycles. The number of aromatic nitrogens is 1. The molecule has 14 heavy (non-hydrogen) atoms. The highest BCUT2D eigenvalue weighted by Crippen LogP contribution is 2.04. The molecule has 1 heterocycles. The van der Waals surface area contributed by atoms with Crippen LogP contribution in [0.15, 0.2) is 10.9 Å². The number of hydrogen-bond acceptors (Lipinski definition) is 3. The zero-order chi connectivity index (χ0) is 10.7. The van der Waals surface area contributed by atoms with E-state index in [1.54, 1.807) is 19.9 Å². The van der Waals surface area contributed by atoms with Gasteiger partial charge in [0, 0.05) is 6.54 Å². The summed E-state index contributed by atoms with van der Waals surface area (Å²) in [6.45, 7) is 3.82. The van der Waals surface area contributed by atoms with Gasteiger partial charge in [0.15, 0.2) is 0 Å². The van der Waals surface area contributed by atoms with Crippen molar-refractivity contribution < 1.29 is 0 Å². The van der Waals surface area contributed by atoms with Crippen molar-refractivity contribution in [1.82, 2.24) is 4.57 Å². The van der Waals surface area contributed by atoms with Crippen molar-refractivity contribution in [1.29, 1.82) is 10.5 Å². The van der Waals surface area contributed by atoms with Crippen molar-refractivity contribution in [3.63, 3.8) is 0 Å². The summed E-state index contributed by atoms with van der Waals surface area (Å²) < 4.78 is 1.30. The third-order valence-electron chi connectivity index (χ3n) is 2.04. The Hall–Kier alpha value is -2.07. The molecule has 1 rings (SSSR count). The molecule has 0 aliphatic carbocycles. The molecule has 0 radical (unpaired) electrons. The van der Waals surface area contributed by atoms with Crippen molar-refractivity contribution in [2.45, 2.75) is 20.4 Å². The van der Waals surface area contributed by atoms with E-state index in [0.717, 1.165) is 0 Å². The Morgan fingerprint density at radius 1 is 1.43 bits per heavy atom. The summed E-state index contributed by atoms with van der Waals surface area (Å²) in [7, 11) is 0. The molecule has 0 unspecified atom stereocenters. The van der Waals surface area contributed by atoms with Gasteiger partial charge in [-0.2, -0.15) is 10.5 Å². The summed E-state index contributed by atoms with van der Waals surface area (Å²) in [6, 6.07) is 5.34. The van der Waals surface area contributed by atoms with Crippen LogP contribution in [0.4, 0.5) is 0 Å². The van der Waals surface area contributed by atoms with Crippen LogP contribution < -0.4 is 5.56 Å². The molecule has 4 nitrogen and oxygen atoms in total. The van der Waals surface area contributed by atoms with Crippen molar-refractivity contribution in [3.8, 4) is 12.1 Å². The van der Waals surface area contributed by atoms with Crippen LogP contribution in [0.5, 0.6) is 0 Å². The van der Waals surface area contributed by atoms with Gasteiger partial charge in [-0.3, -0.25) is 9.36 Å². The summed E-state index contributed by atoms with van der Waals surface area (Å²) in [6.07, 6.45) is 0. The van der Waals surface area contributed by atoms with Gasteiger partial charge in [0.25, 0.3) is 5.56 Å². The first-order chi connectivity index (χ1) is 6.65. The molecule has 0 atom stereocenters. The van der Waals surface area contributed by atoms with Crippen LogP contribution in [-0.2, 0) is 6.54 Å². The minimum atomic E-state index is -0.383. The van der Waals surface area contributed by atoms with E-state index in [0.29, 0.717) is 17.8 Å². The highest BCUT2D eigenvalue weighted by atomic mass is 16.1. The number of aryl methyl sites for hydroxylation is 1. The smallest absolute Gasteiger partial charge is 0.269 e. The first kappa shape index (κ1) is 10.0. The van der Waals surface area contributed by atoms with Gasteiger partial charge in [0.1, 0.15) is 23.4 Å². The second-order valence-corrected chi connectivity index (χ2v) is 2.86. The van der Waals surface area contributed by atoms with Crippen molar-refractivity contribution in [2.75, 3.05) is 0 Å². The zero-order valence-electron chi connectivity index (χ0n) is 8.03. The number of rotatable bonds is 1. The standard InChI is InChI=1S/C10H9N3O/c1-3-13-8(5-11)4-7(2)9(6-12)10(13)14/h4H,3H2,1-2H3. The van der Waals surface area contributed by atoms with Crippen LogP contribution in [0.3, 0.4) is 0 Å². The van der Waals surface area contributed by atoms with E-state index >= 15 is 0 Å². The van der Waals surface area contributed by atoms with Crippen molar-refractivity contribution in [3.05, 3.63) is 33.2 Å². The Bertz CT molecular complexity index is 500. The van der Waals surface area contributed by atoms with Crippen LogP contribution in [0.2, 0.25) is 0 Å². The van der Waals surface area contributed by atoms with E-state index in [4.69, 9.17) is 10.5 Å². The van der Waals surface area contributed by atoms with Gasteiger partial charge in [0.05, 0.1) is 0 Å². The molecular weight excluding hydrogens is 178 g/mol. The average molecular weight is 187 g/mol. The second-order valence-electron chi connectivity index (χ2n) is 2.86. The van der Waals surface area contributed by atoms with E-state index < -0.39 is 0 Å². The predicted octanol–water partition coefficient (Wildman–Crippen LogP) is 0.920. The molecule has 0 aliphatic heterocycles. The van der Waals surface area contributed by atoms with Gasteiger partial charge >= 0.3 is 0 Å². The first-order valence-corrected chi connectivity index (χ1v) is 4.20. The van der Waals surface area contributed by atoms with Gasteiger partial charge in [-0.25, -0.2) is 0 Å². The monoisotopic (exact) mass is 187 g/mol. The molecule has 0 aliphatic rings. The van der Waals surface area contributed by atoms with E-state index in [9.17, 15) is 4.79 Å². The molecule has 0 spiro atoms. The molecular formula is C10H9N3O. The van der Waals surface area contributed by atoms with Crippen LogP contribution in [0.1, 0.15) is 23.7 Å². The largest absolute Gasteiger partial charge is 0.299 e. The van der Waals surface area contributed by atoms with Gasteiger partial charge < -0.3 is 0 Å². The molecule has 70 valence electrons. The lowest BCUT2D eigenvalue weighted by Crippen LogP contribution is -2.25. The van der Waals surface area contributed by atoms with Gasteiger partial charge in [0.2, 0.25) is 0 Å². The summed E-state index contributed by atoms with van der Waals surface area (Å²) in [5.74, 6) is 0. The van der Waals surface area contributed by atoms with Gasteiger partial charge in [-0.1, -0.05) is 0 Å². The molecule has 0 amide bonds. The lowest BCUT2D eigenvalue weighted by atomic mass is 10.1. The molecule has 0 N–H and O–H groups in total. The Labute approximate surface area is 81.6 Å². The molecule has 4 heteroatoms. The third-order valence-corrected chi connectivity index (χ3v) is 2.04. The summed E-state index contributed by atoms with van der Waals surface area (Å²) in [4.78, 5) is 11.6. The third kappa shape index (κ3) is 1.38. The normalized spacial score (nSPS) is 9.14. The average Bonchev–Trinajstić information content (AvgIpc) is 2.17. The first-order valence-electron chi connectivity index (χ1n) is 4.20. The Balaban J connectivity index is 3.69. The van der Waals surface area contributed by atoms with E-state index in [-0.39, 0.29) is 11.1 Å². The lowest BCUT2D eigenvalue weighted by molar-refractivity contribution is 0.711. The second kappa shape index (κ2) is 3.76. The predicted molar refractivity (Wildman–Crippen MR) is 50.5 cm³/mol. The van der Waals surface area contributed by atoms with Crippen molar-refractivity contribution in [2.24, 2.45) is 0 Å². The summed E-state index contributed by atoms with van der Waals surface area (Å²) in [5.41, 5.74) is 0.588. The molecule has 1 aromatic rings. The maximum absolute atomic E-state index is 11.6. The van der Waals surface area contributed by atoms with Crippen molar-refractivity contribution >= 4 is 0 Å². The van der Waals surface area contributed by atoms with Crippen LogP contribution in [-0.4, -0.2) is 4.57 Å². The minimum Gasteiger partial charge on any atom is -0.299 e. The fourth-order valence-electron chi connectivity index (χ4n) is 1.31. The number of hydrogen-bond donors (Lipinski definition) is 0. The highest BCUT2D eigenvalue weighted by Gasteiger charge is 2.10. The Kier molecular flexibility index (Phi) is 2.69. The SMILES string of the molecule is CCn1c(C#N)cc(C)c(C#N)c1=O. The number of pyridine rings is 1. The quantitative estimate of drug-likeness (QED) is 0.656. The molecule has 0 fully saturated rings. The van der Waals surface area contributed by atoms with Gasteiger partial charge in [-0.15, -0.1) is 0 Å². The molecule has 0 saturated heterocycles. The number of nitriles is 2. The van der Waals surface area contributed by atoms with Crippen LogP contribution in [0.25, 0.3) is 0 Å². The highest BCUT2D eigenvalue weighted by molar-refractivity contribution is 5.39. The Morgan fingerprint density at radius 3 is 2.50 bits per heavy atom. The van der Waals surface area contributed by atoms with E-state index in [1.807, 2.05) is 12.1 Å².